The van der Waals surface area contributed by atoms with Gasteiger partial charge in [0.1, 0.15) is 10.6 Å². The van der Waals surface area contributed by atoms with Crippen LogP contribution < -0.4 is 5.32 Å². The Balaban J connectivity index is 1.65. The lowest BCUT2D eigenvalue weighted by molar-refractivity contribution is -0.116. The zero-order valence-corrected chi connectivity index (χ0v) is 16.5. The fraction of sp³-hybridized carbons (Fsp3) is 0.368. The molecule has 1 aliphatic rings. The summed E-state index contributed by atoms with van der Waals surface area (Å²) in [6, 6.07) is 10.1. The van der Waals surface area contributed by atoms with Crippen molar-refractivity contribution in [1.82, 2.24) is 14.2 Å². The summed E-state index contributed by atoms with van der Waals surface area (Å²) < 4.78 is 26.4. The number of aromatic amines is 1. The Morgan fingerprint density at radius 1 is 1.14 bits per heavy atom. The Bertz CT molecular complexity index is 934. The molecule has 28 heavy (non-hydrogen) atoms. The minimum absolute atomic E-state index is 0.0390. The molecular weight excluding hydrogens is 380 g/mol. The van der Waals surface area contributed by atoms with Gasteiger partial charge in [-0.1, -0.05) is 18.2 Å². The van der Waals surface area contributed by atoms with Crippen molar-refractivity contribution in [2.45, 2.75) is 24.2 Å². The second kappa shape index (κ2) is 8.57. The van der Waals surface area contributed by atoms with Gasteiger partial charge in [0.05, 0.1) is 6.54 Å². The van der Waals surface area contributed by atoms with Gasteiger partial charge in [0.15, 0.2) is 0 Å². The number of hydrogen-bond acceptors (Lipinski definition) is 4. The van der Waals surface area contributed by atoms with Crippen LogP contribution in [-0.4, -0.2) is 61.1 Å². The molecule has 0 radical (unpaired) electrons. The average molecular weight is 404 g/mol. The molecule has 0 spiro atoms. The second-order valence-electron chi connectivity index (χ2n) is 6.78. The molecule has 150 valence electrons. The van der Waals surface area contributed by atoms with E-state index in [-0.39, 0.29) is 23.0 Å². The number of amides is 2. The van der Waals surface area contributed by atoms with Crippen LogP contribution in [0.2, 0.25) is 0 Å². The largest absolute Gasteiger partial charge is 0.356 e. The number of hydrogen-bond donors (Lipinski definition) is 2. The second-order valence-corrected chi connectivity index (χ2v) is 8.82. The standard InChI is InChI=1S/C19H24N4O4S/c1-22(14-18(24)21-15-8-4-2-5-9-15)28(26,27)16-12-17(20-13-16)19(25)23-10-6-3-7-11-23/h2,4-5,8-9,12-13,20H,3,6-7,10-11,14H2,1H3,(H,21,24). The number of aromatic nitrogens is 1. The van der Waals surface area contributed by atoms with Gasteiger partial charge in [-0.2, -0.15) is 4.31 Å². The van der Waals surface area contributed by atoms with Gasteiger partial charge in [-0.25, -0.2) is 8.42 Å². The molecule has 1 aliphatic heterocycles. The van der Waals surface area contributed by atoms with Crippen molar-refractivity contribution in [1.29, 1.82) is 0 Å². The zero-order valence-electron chi connectivity index (χ0n) is 15.7. The molecular formula is C19H24N4O4S. The molecule has 0 atom stereocenters. The maximum absolute atomic E-state index is 12.7. The number of anilines is 1. The molecule has 0 saturated carbocycles. The van der Waals surface area contributed by atoms with Crippen LogP contribution in [0.3, 0.4) is 0 Å². The van der Waals surface area contributed by atoms with Crippen LogP contribution >= 0.6 is 0 Å². The summed E-state index contributed by atoms with van der Waals surface area (Å²) in [6.45, 7) is 1.02. The van der Waals surface area contributed by atoms with Gasteiger partial charge < -0.3 is 15.2 Å². The number of piperidine rings is 1. The molecule has 0 aliphatic carbocycles. The monoisotopic (exact) mass is 404 g/mol. The van der Waals surface area contributed by atoms with E-state index < -0.39 is 15.9 Å². The Morgan fingerprint density at radius 2 is 1.82 bits per heavy atom. The minimum atomic E-state index is -3.90. The smallest absolute Gasteiger partial charge is 0.270 e. The lowest BCUT2D eigenvalue weighted by atomic mass is 10.1. The normalized spacial score (nSPS) is 14.9. The van der Waals surface area contributed by atoms with Crippen LogP contribution in [0.5, 0.6) is 0 Å². The fourth-order valence-electron chi connectivity index (χ4n) is 3.10. The topological polar surface area (TPSA) is 103 Å². The van der Waals surface area contributed by atoms with E-state index in [1.807, 2.05) is 6.07 Å². The fourth-order valence-corrected chi connectivity index (χ4v) is 4.23. The molecule has 0 bridgehead atoms. The summed E-state index contributed by atoms with van der Waals surface area (Å²) in [5.41, 5.74) is 0.831. The summed E-state index contributed by atoms with van der Waals surface area (Å²) in [5, 5.41) is 2.65. The highest BCUT2D eigenvalue weighted by atomic mass is 32.2. The van der Waals surface area contributed by atoms with Gasteiger partial charge in [-0.3, -0.25) is 9.59 Å². The predicted molar refractivity (Wildman–Crippen MR) is 105 cm³/mol. The van der Waals surface area contributed by atoms with E-state index in [0.29, 0.717) is 18.8 Å². The molecule has 2 N–H and O–H groups in total. The number of para-hydroxylation sites is 1. The van der Waals surface area contributed by atoms with Crippen LogP contribution in [0.4, 0.5) is 5.69 Å². The molecule has 2 aromatic rings. The molecule has 9 heteroatoms. The first kappa shape index (κ1) is 20.1. The Hall–Kier alpha value is -2.65. The van der Waals surface area contributed by atoms with Crippen LogP contribution in [-0.2, 0) is 14.8 Å². The van der Waals surface area contributed by atoms with Gasteiger partial charge in [-0.05, 0) is 37.5 Å². The third-order valence-corrected chi connectivity index (χ3v) is 6.44. The van der Waals surface area contributed by atoms with Crippen molar-refractivity contribution in [3.8, 4) is 0 Å². The minimum Gasteiger partial charge on any atom is -0.356 e. The number of nitrogens with one attached hydrogen (secondary N) is 2. The molecule has 1 aromatic heterocycles. The van der Waals surface area contributed by atoms with Crippen molar-refractivity contribution < 1.29 is 18.0 Å². The van der Waals surface area contributed by atoms with Crippen molar-refractivity contribution >= 4 is 27.5 Å². The predicted octanol–water partition coefficient (Wildman–Crippen LogP) is 1.90. The first-order chi connectivity index (χ1) is 13.4. The maximum Gasteiger partial charge on any atom is 0.270 e. The van der Waals surface area contributed by atoms with Crippen molar-refractivity contribution in [2.24, 2.45) is 0 Å². The van der Waals surface area contributed by atoms with Crippen molar-refractivity contribution in [2.75, 3.05) is 32.0 Å². The Labute approximate surface area is 164 Å². The number of rotatable bonds is 6. The highest BCUT2D eigenvalue weighted by molar-refractivity contribution is 7.89. The molecule has 1 aromatic carbocycles. The van der Waals surface area contributed by atoms with E-state index in [4.69, 9.17) is 0 Å². The van der Waals surface area contributed by atoms with Crippen LogP contribution in [0.15, 0.2) is 47.5 Å². The Kier molecular flexibility index (Phi) is 6.15. The number of sulfonamides is 1. The molecule has 2 amide bonds. The number of nitrogens with zero attached hydrogens (tertiary/aromatic N) is 2. The lowest BCUT2D eigenvalue weighted by Gasteiger charge is -2.26. The summed E-state index contributed by atoms with van der Waals surface area (Å²) in [5.74, 6) is -0.650. The third-order valence-electron chi connectivity index (χ3n) is 4.66. The van der Waals surface area contributed by atoms with Crippen molar-refractivity contribution in [3.05, 3.63) is 48.3 Å². The summed E-state index contributed by atoms with van der Waals surface area (Å²) in [7, 11) is -2.57. The van der Waals surface area contributed by atoms with Crippen molar-refractivity contribution in [3.63, 3.8) is 0 Å². The molecule has 0 unspecified atom stereocenters. The Morgan fingerprint density at radius 3 is 2.50 bits per heavy atom. The molecule has 3 rings (SSSR count). The number of likely N-dealkylation sites (tertiary alicyclic amines) is 1. The van der Waals surface area contributed by atoms with E-state index in [1.54, 1.807) is 29.2 Å². The summed E-state index contributed by atoms with van der Waals surface area (Å²) >= 11 is 0. The van der Waals surface area contributed by atoms with Gasteiger partial charge in [-0.15, -0.1) is 0 Å². The lowest BCUT2D eigenvalue weighted by Crippen LogP contribution is -2.36. The third kappa shape index (κ3) is 4.60. The van der Waals surface area contributed by atoms with Gasteiger partial charge >= 0.3 is 0 Å². The van der Waals surface area contributed by atoms with E-state index in [1.165, 1.54) is 19.3 Å². The van der Waals surface area contributed by atoms with Gasteiger partial charge in [0, 0.05) is 32.0 Å². The van der Waals surface area contributed by atoms with Gasteiger partial charge in [0.2, 0.25) is 15.9 Å². The molecule has 1 fully saturated rings. The van der Waals surface area contributed by atoms with E-state index in [0.717, 1.165) is 23.6 Å². The van der Waals surface area contributed by atoms with E-state index in [2.05, 4.69) is 10.3 Å². The number of H-pyrrole nitrogens is 1. The summed E-state index contributed by atoms with van der Waals surface area (Å²) in [6.07, 6.45) is 4.30. The quantitative estimate of drug-likeness (QED) is 0.767. The first-order valence-corrected chi connectivity index (χ1v) is 10.6. The number of carbonyl (C=O) groups excluding carboxylic acids is 2. The highest BCUT2D eigenvalue weighted by Gasteiger charge is 2.27. The number of carbonyl (C=O) groups is 2. The maximum atomic E-state index is 12.7. The summed E-state index contributed by atoms with van der Waals surface area (Å²) in [4.78, 5) is 29.1. The van der Waals surface area contributed by atoms with Gasteiger partial charge in [0.25, 0.3) is 5.91 Å². The van der Waals surface area contributed by atoms with E-state index >= 15 is 0 Å². The van der Waals surface area contributed by atoms with Crippen LogP contribution in [0.1, 0.15) is 29.8 Å². The molecule has 1 saturated heterocycles. The van der Waals surface area contributed by atoms with Crippen LogP contribution in [0, 0.1) is 0 Å². The SMILES string of the molecule is CN(CC(=O)Nc1ccccc1)S(=O)(=O)c1c[nH]c(C(=O)N2CCCCC2)c1. The number of benzene rings is 1. The van der Waals surface area contributed by atoms with Crippen LogP contribution in [0.25, 0.3) is 0 Å². The molecule has 2 heterocycles. The average Bonchev–Trinajstić information content (AvgIpc) is 3.19. The first-order valence-electron chi connectivity index (χ1n) is 9.17. The number of likely N-dealkylation sites (N-methyl/N-ethyl adjacent to an activating group) is 1. The zero-order chi connectivity index (χ0) is 20.1. The van der Waals surface area contributed by atoms with E-state index in [9.17, 15) is 18.0 Å². The molecule has 8 nitrogen and oxygen atoms in total. The highest BCUT2D eigenvalue weighted by Crippen LogP contribution is 2.18.